The third kappa shape index (κ3) is 4.01. The zero-order valence-electron chi connectivity index (χ0n) is 15.8. The molecule has 1 atom stereocenters. The molecule has 3 aromatic rings. The number of hydrogen-bond donors (Lipinski definition) is 1. The Morgan fingerprint density at radius 2 is 1.96 bits per heavy atom. The molecule has 0 saturated carbocycles. The van der Waals surface area contributed by atoms with Gasteiger partial charge in [-0.25, -0.2) is 9.78 Å². The maximum absolute atomic E-state index is 12.6. The number of nitrogens with one attached hydrogen (secondary N) is 1. The summed E-state index contributed by atoms with van der Waals surface area (Å²) in [6.07, 6.45) is 0.705. The van der Waals surface area contributed by atoms with Crippen molar-refractivity contribution in [2.24, 2.45) is 0 Å². The number of fused-ring (bicyclic) bond motifs is 1. The first-order chi connectivity index (χ1) is 13.7. The fourth-order valence-electron chi connectivity index (χ4n) is 3.34. The zero-order chi connectivity index (χ0) is 19.3. The molecule has 1 N–H and O–H groups in total. The first-order valence-electron chi connectivity index (χ1n) is 9.53. The van der Waals surface area contributed by atoms with Gasteiger partial charge in [-0.15, -0.1) is 0 Å². The molecule has 1 aliphatic rings. The molecule has 1 aromatic heterocycles. The van der Waals surface area contributed by atoms with Crippen LogP contribution in [0.15, 0.2) is 60.7 Å². The number of likely N-dealkylation sites (tertiary alicyclic amines) is 1. The molecule has 6 nitrogen and oxygen atoms in total. The minimum Gasteiger partial charge on any atom is -0.492 e. The van der Waals surface area contributed by atoms with Gasteiger partial charge in [-0.05, 0) is 31.2 Å². The summed E-state index contributed by atoms with van der Waals surface area (Å²) in [6.45, 7) is 3.63. The lowest BCUT2D eigenvalue weighted by atomic mass is 10.2. The van der Waals surface area contributed by atoms with Crippen LogP contribution >= 0.6 is 0 Å². The predicted octanol–water partition coefficient (Wildman–Crippen LogP) is 4.32. The van der Waals surface area contributed by atoms with E-state index in [4.69, 9.17) is 9.47 Å². The number of rotatable bonds is 5. The Hall–Kier alpha value is -3.28. The number of pyridine rings is 1. The lowest BCUT2D eigenvalue weighted by Crippen LogP contribution is -2.34. The zero-order valence-corrected chi connectivity index (χ0v) is 15.8. The van der Waals surface area contributed by atoms with Gasteiger partial charge in [-0.1, -0.05) is 30.3 Å². The summed E-state index contributed by atoms with van der Waals surface area (Å²) >= 11 is 0. The minimum atomic E-state index is -0.148. The molecule has 6 heteroatoms. The van der Waals surface area contributed by atoms with Crippen LogP contribution in [0.4, 0.5) is 10.5 Å². The molecule has 0 spiro atoms. The number of benzene rings is 2. The van der Waals surface area contributed by atoms with Crippen LogP contribution in [-0.4, -0.2) is 41.7 Å². The first kappa shape index (κ1) is 18.1. The monoisotopic (exact) mass is 377 g/mol. The molecule has 1 fully saturated rings. The molecular weight excluding hydrogens is 354 g/mol. The van der Waals surface area contributed by atoms with Gasteiger partial charge in [0.25, 0.3) is 0 Å². The second-order valence-corrected chi connectivity index (χ2v) is 6.68. The van der Waals surface area contributed by atoms with Crippen molar-refractivity contribution in [2.75, 3.05) is 25.0 Å². The standard InChI is InChI=1S/C22H23N3O3/c1-2-27-20-10-6-5-9-19(20)24-22(26)25-14-13-17(15-25)28-21-12-11-16-7-3-4-8-18(16)23-21/h3-12,17H,2,13-15H2,1H3,(H,24,26). The number of urea groups is 1. The summed E-state index contributed by atoms with van der Waals surface area (Å²) < 4.78 is 11.6. The van der Waals surface area contributed by atoms with E-state index in [1.54, 1.807) is 4.90 Å². The van der Waals surface area contributed by atoms with Gasteiger partial charge in [-0.3, -0.25) is 0 Å². The summed E-state index contributed by atoms with van der Waals surface area (Å²) in [7, 11) is 0. The highest BCUT2D eigenvalue weighted by molar-refractivity contribution is 5.91. The third-order valence-electron chi connectivity index (χ3n) is 4.72. The molecule has 0 radical (unpaired) electrons. The summed E-state index contributed by atoms with van der Waals surface area (Å²) in [5.74, 6) is 1.26. The molecule has 1 saturated heterocycles. The molecule has 0 aliphatic carbocycles. The van der Waals surface area contributed by atoms with E-state index in [2.05, 4.69) is 10.3 Å². The van der Waals surface area contributed by atoms with Crippen LogP contribution in [0, 0.1) is 0 Å². The highest BCUT2D eigenvalue weighted by Crippen LogP contribution is 2.25. The Kier molecular flexibility index (Phi) is 5.28. The second kappa shape index (κ2) is 8.17. The topological polar surface area (TPSA) is 63.7 Å². The average Bonchev–Trinajstić information content (AvgIpc) is 3.18. The smallest absolute Gasteiger partial charge is 0.322 e. The van der Waals surface area contributed by atoms with Crippen molar-refractivity contribution in [1.29, 1.82) is 0 Å². The molecule has 2 aromatic carbocycles. The van der Waals surface area contributed by atoms with Crippen molar-refractivity contribution in [3.8, 4) is 11.6 Å². The Bertz CT molecular complexity index is 976. The van der Waals surface area contributed by atoms with Gasteiger partial charge in [0, 0.05) is 24.4 Å². The maximum Gasteiger partial charge on any atom is 0.322 e. The van der Waals surface area contributed by atoms with Crippen LogP contribution in [0.3, 0.4) is 0 Å². The Balaban J connectivity index is 1.37. The number of carbonyl (C=O) groups excluding carboxylic acids is 1. The molecule has 2 heterocycles. The van der Waals surface area contributed by atoms with Gasteiger partial charge in [0.05, 0.1) is 24.4 Å². The highest BCUT2D eigenvalue weighted by Gasteiger charge is 2.28. The fourth-order valence-corrected chi connectivity index (χ4v) is 3.34. The molecule has 144 valence electrons. The van der Waals surface area contributed by atoms with Gasteiger partial charge in [0.15, 0.2) is 0 Å². The molecule has 1 unspecified atom stereocenters. The van der Waals surface area contributed by atoms with E-state index < -0.39 is 0 Å². The van der Waals surface area contributed by atoms with Crippen molar-refractivity contribution in [2.45, 2.75) is 19.4 Å². The highest BCUT2D eigenvalue weighted by atomic mass is 16.5. The number of nitrogens with zero attached hydrogens (tertiary/aromatic N) is 2. The Morgan fingerprint density at radius 3 is 2.86 bits per heavy atom. The predicted molar refractivity (Wildman–Crippen MR) is 109 cm³/mol. The number of carbonyl (C=O) groups is 1. The quantitative estimate of drug-likeness (QED) is 0.719. The van der Waals surface area contributed by atoms with Crippen LogP contribution in [0.25, 0.3) is 10.9 Å². The molecule has 4 rings (SSSR count). The van der Waals surface area contributed by atoms with Crippen molar-refractivity contribution < 1.29 is 14.3 Å². The largest absolute Gasteiger partial charge is 0.492 e. The van der Waals surface area contributed by atoms with Crippen LogP contribution in [0.2, 0.25) is 0 Å². The number of ether oxygens (including phenoxy) is 2. The number of para-hydroxylation sites is 3. The van der Waals surface area contributed by atoms with Crippen LogP contribution in [-0.2, 0) is 0 Å². The van der Waals surface area contributed by atoms with Gasteiger partial charge >= 0.3 is 6.03 Å². The van der Waals surface area contributed by atoms with Crippen LogP contribution < -0.4 is 14.8 Å². The minimum absolute atomic E-state index is 0.0680. The van der Waals surface area contributed by atoms with Gasteiger partial charge < -0.3 is 19.7 Å². The summed E-state index contributed by atoms with van der Waals surface area (Å²) in [5, 5.41) is 4.02. The third-order valence-corrected chi connectivity index (χ3v) is 4.72. The van der Waals surface area contributed by atoms with E-state index in [1.165, 1.54) is 0 Å². The van der Waals surface area contributed by atoms with Crippen LogP contribution in [0.1, 0.15) is 13.3 Å². The van der Waals surface area contributed by atoms with E-state index in [0.717, 1.165) is 17.3 Å². The van der Waals surface area contributed by atoms with Gasteiger partial charge in [-0.2, -0.15) is 0 Å². The van der Waals surface area contributed by atoms with Crippen molar-refractivity contribution >= 4 is 22.6 Å². The lowest BCUT2D eigenvalue weighted by molar-refractivity contribution is 0.190. The molecule has 0 bridgehead atoms. The van der Waals surface area contributed by atoms with E-state index in [-0.39, 0.29) is 12.1 Å². The molecular formula is C22H23N3O3. The number of aromatic nitrogens is 1. The normalized spacial score (nSPS) is 16.2. The maximum atomic E-state index is 12.6. The summed E-state index contributed by atoms with van der Waals surface area (Å²) in [5.41, 5.74) is 1.58. The molecule has 2 amide bonds. The van der Waals surface area contributed by atoms with E-state index >= 15 is 0 Å². The molecule has 1 aliphatic heterocycles. The van der Waals surface area contributed by atoms with Gasteiger partial charge in [0.1, 0.15) is 11.9 Å². The summed E-state index contributed by atoms with van der Waals surface area (Å²) in [4.78, 5) is 18.9. The molecule has 28 heavy (non-hydrogen) atoms. The number of hydrogen-bond acceptors (Lipinski definition) is 4. The lowest BCUT2D eigenvalue weighted by Gasteiger charge is -2.19. The second-order valence-electron chi connectivity index (χ2n) is 6.68. The van der Waals surface area contributed by atoms with E-state index in [9.17, 15) is 4.79 Å². The number of amides is 2. The Morgan fingerprint density at radius 1 is 1.14 bits per heavy atom. The van der Waals surface area contributed by atoms with E-state index in [0.29, 0.717) is 37.0 Å². The van der Waals surface area contributed by atoms with E-state index in [1.807, 2.05) is 67.6 Å². The summed E-state index contributed by atoms with van der Waals surface area (Å²) in [6, 6.07) is 19.1. The number of anilines is 1. The van der Waals surface area contributed by atoms with Crippen LogP contribution in [0.5, 0.6) is 11.6 Å². The van der Waals surface area contributed by atoms with Crippen molar-refractivity contribution in [3.63, 3.8) is 0 Å². The van der Waals surface area contributed by atoms with Gasteiger partial charge in [0.2, 0.25) is 5.88 Å². The average molecular weight is 377 g/mol. The SMILES string of the molecule is CCOc1ccccc1NC(=O)N1CCC(Oc2ccc3ccccc3n2)C1. The van der Waals surface area contributed by atoms with Crippen molar-refractivity contribution in [3.05, 3.63) is 60.7 Å². The first-order valence-corrected chi connectivity index (χ1v) is 9.53. The van der Waals surface area contributed by atoms with Crippen molar-refractivity contribution in [1.82, 2.24) is 9.88 Å². The fraction of sp³-hybridized carbons (Fsp3) is 0.273. The Labute approximate surface area is 164 Å².